The van der Waals surface area contributed by atoms with Crippen molar-refractivity contribution in [3.63, 3.8) is 0 Å². The van der Waals surface area contributed by atoms with Crippen molar-refractivity contribution in [2.24, 2.45) is 0 Å². The third-order valence-corrected chi connectivity index (χ3v) is 8.03. The van der Waals surface area contributed by atoms with Crippen molar-refractivity contribution in [3.05, 3.63) is 69.8 Å². The minimum Gasteiger partial charge on any atom is -0.377 e. The first kappa shape index (κ1) is 28.6. The van der Waals surface area contributed by atoms with Gasteiger partial charge in [0.05, 0.1) is 13.2 Å². The van der Waals surface area contributed by atoms with Crippen LogP contribution < -0.4 is 0 Å². The quantitative estimate of drug-likeness (QED) is 0.156. The number of rotatable bonds is 14. The zero-order valence-electron chi connectivity index (χ0n) is 24.8. The van der Waals surface area contributed by atoms with E-state index in [9.17, 15) is 0 Å². The summed E-state index contributed by atoms with van der Waals surface area (Å²) in [6, 6.07) is 14.3. The van der Waals surface area contributed by atoms with Gasteiger partial charge < -0.3 is 9.47 Å². The Morgan fingerprint density at radius 2 is 0.763 bits per heavy atom. The number of aryl methyl sites for hydroxylation is 4. The highest BCUT2D eigenvalue weighted by Gasteiger charge is 2.22. The zero-order valence-corrected chi connectivity index (χ0v) is 24.8. The fourth-order valence-electron chi connectivity index (χ4n) is 6.45. The topological polar surface area (TPSA) is 18.5 Å². The van der Waals surface area contributed by atoms with Crippen LogP contribution in [0.25, 0.3) is 32.3 Å². The van der Waals surface area contributed by atoms with E-state index in [4.69, 9.17) is 9.47 Å². The molecule has 2 heteroatoms. The van der Waals surface area contributed by atoms with Gasteiger partial charge >= 0.3 is 0 Å². The Morgan fingerprint density at radius 1 is 0.421 bits per heavy atom. The fraction of sp³-hybridized carbons (Fsp3) is 0.500. The molecule has 0 saturated heterocycles. The minimum absolute atomic E-state index is 0.666. The van der Waals surface area contributed by atoms with Crippen molar-refractivity contribution >= 4 is 32.3 Å². The van der Waals surface area contributed by atoms with Gasteiger partial charge in [0, 0.05) is 13.2 Å². The summed E-state index contributed by atoms with van der Waals surface area (Å²) < 4.78 is 12.2. The summed E-state index contributed by atoms with van der Waals surface area (Å²) in [6.07, 6.45) is 8.87. The normalized spacial score (nSPS) is 11.8. The summed E-state index contributed by atoms with van der Waals surface area (Å²) in [7, 11) is 0. The summed E-state index contributed by atoms with van der Waals surface area (Å²) in [5.74, 6) is 0. The Labute approximate surface area is 230 Å². The van der Waals surface area contributed by atoms with Crippen LogP contribution in [0.1, 0.15) is 101 Å². The number of hydrogen-bond donors (Lipinski definition) is 0. The molecule has 0 aliphatic rings. The first-order valence-electron chi connectivity index (χ1n) is 15.3. The molecule has 0 spiro atoms. The molecule has 0 radical (unpaired) electrons. The fourth-order valence-corrected chi connectivity index (χ4v) is 6.45. The molecular formula is C36H48O2. The van der Waals surface area contributed by atoms with Gasteiger partial charge in [0.15, 0.2) is 0 Å². The molecule has 4 aromatic carbocycles. The van der Waals surface area contributed by atoms with Crippen LogP contribution in [-0.2, 0) is 48.4 Å². The van der Waals surface area contributed by atoms with Crippen molar-refractivity contribution in [2.75, 3.05) is 13.2 Å². The van der Waals surface area contributed by atoms with E-state index < -0.39 is 0 Å². The third-order valence-electron chi connectivity index (χ3n) is 8.03. The molecule has 38 heavy (non-hydrogen) atoms. The van der Waals surface area contributed by atoms with Gasteiger partial charge in [-0.05, 0) is 117 Å². The van der Waals surface area contributed by atoms with Crippen LogP contribution in [0.15, 0.2) is 36.4 Å². The van der Waals surface area contributed by atoms with Gasteiger partial charge in [-0.25, -0.2) is 0 Å². The van der Waals surface area contributed by atoms with E-state index in [0.717, 1.165) is 64.6 Å². The molecule has 0 aliphatic heterocycles. The maximum absolute atomic E-state index is 6.11. The molecule has 0 bridgehead atoms. The Hall–Kier alpha value is -2.42. The van der Waals surface area contributed by atoms with E-state index in [-0.39, 0.29) is 0 Å². The lowest BCUT2D eigenvalue weighted by Gasteiger charge is -2.25. The van der Waals surface area contributed by atoms with Crippen molar-refractivity contribution < 1.29 is 9.47 Å². The largest absolute Gasteiger partial charge is 0.377 e. The van der Waals surface area contributed by atoms with E-state index in [1.54, 1.807) is 0 Å². The van der Waals surface area contributed by atoms with E-state index in [1.165, 1.54) is 65.7 Å². The van der Waals surface area contributed by atoms with Crippen molar-refractivity contribution in [1.29, 1.82) is 0 Å². The highest BCUT2D eigenvalue weighted by Crippen LogP contribution is 2.41. The van der Waals surface area contributed by atoms with Gasteiger partial charge in [-0.15, -0.1) is 0 Å². The molecule has 0 aliphatic carbocycles. The monoisotopic (exact) mass is 512 g/mol. The molecule has 0 N–H and O–H groups in total. The summed E-state index contributed by atoms with van der Waals surface area (Å²) in [5, 5.41) is 8.68. The van der Waals surface area contributed by atoms with Gasteiger partial charge in [-0.3, -0.25) is 0 Å². The van der Waals surface area contributed by atoms with E-state index in [0.29, 0.717) is 13.2 Å². The molecule has 2 nitrogen and oxygen atoms in total. The van der Waals surface area contributed by atoms with Gasteiger partial charge in [0.2, 0.25) is 0 Å². The van der Waals surface area contributed by atoms with Crippen LogP contribution in [-0.4, -0.2) is 13.2 Å². The minimum atomic E-state index is 0.666. The van der Waals surface area contributed by atoms with Crippen molar-refractivity contribution in [2.45, 2.75) is 106 Å². The van der Waals surface area contributed by atoms with Crippen LogP contribution in [0.4, 0.5) is 0 Å². The van der Waals surface area contributed by atoms with E-state index >= 15 is 0 Å². The van der Waals surface area contributed by atoms with Crippen LogP contribution in [0.3, 0.4) is 0 Å². The lowest BCUT2D eigenvalue weighted by atomic mass is 9.82. The average Bonchev–Trinajstić information content (AvgIpc) is 2.94. The predicted octanol–water partition coefficient (Wildman–Crippen LogP) is 10.0. The number of ether oxygens (including phenoxy) is 2. The highest BCUT2D eigenvalue weighted by molar-refractivity contribution is 6.11. The maximum atomic E-state index is 6.11. The summed E-state index contributed by atoms with van der Waals surface area (Å²) in [4.78, 5) is 0. The van der Waals surface area contributed by atoms with E-state index in [2.05, 4.69) is 77.9 Å². The van der Waals surface area contributed by atoms with Gasteiger partial charge in [-0.2, -0.15) is 0 Å². The van der Waals surface area contributed by atoms with Crippen LogP contribution in [0.2, 0.25) is 0 Å². The number of benzene rings is 4. The third kappa shape index (κ3) is 5.49. The number of fused-ring (bicyclic) bond motifs is 3. The Bertz CT molecular complexity index is 1280. The summed E-state index contributed by atoms with van der Waals surface area (Å²) in [6.45, 7) is 16.2. The standard InChI is InChI=1S/C36H48O2/c1-7-15-25-29-19-13-14-20-30(29)26(16-8-2)32-22-34-28(18-10-4)36(24-38-12-6)35(23-37-11-5)27(17-9-3)33(34)21-31(25)32/h13-14,19-22H,7-12,15-18,23-24H2,1-6H3. The Morgan fingerprint density at radius 3 is 1.11 bits per heavy atom. The van der Waals surface area contributed by atoms with Crippen molar-refractivity contribution in [3.8, 4) is 0 Å². The Balaban J connectivity index is 2.23. The smallest absolute Gasteiger partial charge is 0.0723 e. The van der Waals surface area contributed by atoms with Crippen LogP contribution >= 0.6 is 0 Å². The van der Waals surface area contributed by atoms with Gasteiger partial charge in [-0.1, -0.05) is 77.6 Å². The van der Waals surface area contributed by atoms with Crippen molar-refractivity contribution in [1.82, 2.24) is 0 Å². The van der Waals surface area contributed by atoms with Crippen LogP contribution in [0, 0.1) is 0 Å². The molecule has 4 rings (SSSR count). The van der Waals surface area contributed by atoms with Crippen LogP contribution in [0.5, 0.6) is 0 Å². The molecule has 204 valence electrons. The average molecular weight is 513 g/mol. The molecule has 0 amide bonds. The SMILES string of the molecule is CCCc1c(COCC)c(COCC)c(CCC)c2cc3c(CCC)c4ccccc4c(CCC)c3cc12. The number of hydrogen-bond acceptors (Lipinski definition) is 2. The maximum Gasteiger partial charge on any atom is 0.0723 e. The Kier molecular flexibility index (Phi) is 10.2. The lowest BCUT2D eigenvalue weighted by Crippen LogP contribution is -2.11. The summed E-state index contributed by atoms with van der Waals surface area (Å²) in [5.41, 5.74) is 8.74. The molecule has 4 aromatic rings. The summed E-state index contributed by atoms with van der Waals surface area (Å²) >= 11 is 0. The molecule has 0 aromatic heterocycles. The molecule has 0 heterocycles. The zero-order chi connectivity index (χ0) is 27.1. The first-order chi connectivity index (χ1) is 18.6. The van der Waals surface area contributed by atoms with Gasteiger partial charge in [0.1, 0.15) is 0 Å². The molecular weight excluding hydrogens is 464 g/mol. The second kappa shape index (κ2) is 13.6. The molecule has 0 fully saturated rings. The second-order valence-corrected chi connectivity index (χ2v) is 10.6. The predicted molar refractivity (Wildman–Crippen MR) is 166 cm³/mol. The lowest BCUT2D eigenvalue weighted by molar-refractivity contribution is 0.119. The first-order valence-corrected chi connectivity index (χ1v) is 15.3. The molecule has 0 unspecified atom stereocenters. The van der Waals surface area contributed by atoms with E-state index in [1.807, 2.05) is 0 Å². The second-order valence-electron chi connectivity index (χ2n) is 10.6. The molecule has 0 atom stereocenters. The molecule has 0 saturated carbocycles. The highest BCUT2D eigenvalue weighted by atomic mass is 16.5. The van der Waals surface area contributed by atoms with Gasteiger partial charge in [0.25, 0.3) is 0 Å².